The Bertz CT molecular complexity index is 971. The number of alkyl halides is 3. The molecule has 0 saturated heterocycles. The van der Waals surface area contributed by atoms with Gasteiger partial charge in [-0.05, 0) is 24.3 Å². The van der Waals surface area contributed by atoms with E-state index in [0.717, 1.165) is 18.2 Å². The largest absolute Gasteiger partial charge is 0.492 e. The summed E-state index contributed by atoms with van der Waals surface area (Å²) in [5, 5.41) is 14.2. The molecule has 0 fully saturated rings. The Labute approximate surface area is 158 Å². The molecule has 0 aliphatic carbocycles. The molecule has 0 saturated carbocycles. The molecule has 0 unspecified atom stereocenters. The normalized spacial score (nSPS) is 17.9. The Balaban J connectivity index is 1.83. The third-order valence-corrected chi connectivity index (χ3v) is 3.70. The molecule has 2 aromatic carbocycles. The second-order valence-electron chi connectivity index (χ2n) is 5.41. The van der Waals surface area contributed by atoms with E-state index in [1.54, 1.807) is 0 Å². The number of fused-ring (bicyclic) bond motifs is 1. The van der Waals surface area contributed by atoms with Crippen molar-refractivity contribution in [1.82, 2.24) is 5.32 Å². The molecular formula is C15H8ClF4N3O5. The Morgan fingerprint density at radius 2 is 1.82 bits per heavy atom. The van der Waals surface area contributed by atoms with E-state index in [1.165, 1.54) is 11.4 Å². The Kier molecular flexibility index (Phi) is 4.67. The van der Waals surface area contributed by atoms with Gasteiger partial charge in [0.2, 0.25) is 5.82 Å². The number of nitrogens with one attached hydrogen (secondary N) is 2. The van der Waals surface area contributed by atoms with Crippen LogP contribution in [0.25, 0.3) is 0 Å². The standard InChI is InChI=1S/C15H8ClF4N3O5/c16-7-1-4-11-12(5-7)28-15(27-11,14(18,19)20)22-13(24)21-8-2-3-9(17)10(6-8)23(25)26/h1-6H,(H2,21,22,24)/t15-/m0/s1. The van der Waals surface area contributed by atoms with Crippen molar-refractivity contribution >= 4 is 29.0 Å². The van der Waals surface area contributed by atoms with Gasteiger partial charge in [-0.2, -0.15) is 17.6 Å². The van der Waals surface area contributed by atoms with Gasteiger partial charge in [-0.15, -0.1) is 0 Å². The average molecular weight is 422 g/mol. The van der Waals surface area contributed by atoms with Crippen LogP contribution in [0.3, 0.4) is 0 Å². The topological polar surface area (TPSA) is 103 Å². The summed E-state index contributed by atoms with van der Waals surface area (Å²) in [5.41, 5.74) is -1.31. The first-order valence-corrected chi connectivity index (χ1v) is 7.66. The molecule has 2 aromatic rings. The van der Waals surface area contributed by atoms with E-state index in [4.69, 9.17) is 21.1 Å². The third-order valence-electron chi connectivity index (χ3n) is 3.47. The smallest absolute Gasteiger partial charge is 0.424 e. The molecule has 148 valence electrons. The summed E-state index contributed by atoms with van der Waals surface area (Å²) in [6, 6.07) is 4.20. The van der Waals surface area contributed by atoms with Crippen molar-refractivity contribution in [2.75, 3.05) is 5.32 Å². The summed E-state index contributed by atoms with van der Waals surface area (Å²) in [4.78, 5) is 21.7. The molecule has 0 bridgehead atoms. The van der Waals surface area contributed by atoms with Crippen LogP contribution in [-0.2, 0) is 0 Å². The van der Waals surface area contributed by atoms with E-state index in [9.17, 15) is 32.5 Å². The van der Waals surface area contributed by atoms with Crippen LogP contribution in [0.15, 0.2) is 36.4 Å². The monoisotopic (exact) mass is 421 g/mol. The quantitative estimate of drug-likeness (QED) is 0.439. The Hall–Kier alpha value is -3.28. The van der Waals surface area contributed by atoms with Gasteiger partial charge in [0.25, 0.3) is 0 Å². The molecule has 2 amide bonds. The van der Waals surface area contributed by atoms with Gasteiger partial charge >= 0.3 is 23.8 Å². The highest BCUT2D eigenvalue weighted by Crippen LogP contribution is 2.46. The third kappa shape index (κ3) is 3.58. The number of halogens is 5. The minimum Gasteiger partial charge on any atom is -0.424 e. The molecule has 8 nitrogen and oxygen atoms in total. The van der Waals surface area contributed by atoms with Crippen molar-refractivity contribution in [2.45, 2.75) is 12.1 Å². The number of amides is 2. The van der Waals surface area contributed by atoms with Gasteiger partial charge < -0.3 is 14.8 Å². The van der Waals surface area contributed by atoms with Crippen molar-refractivity contribution in [3.8, 4) is 11.5 Å². The van der Waals surface area contributed by atoms with Crippen molar-refractivity contribution in [1.29, 1.82) is 0 Å². The fourth-order valence-corrected chi connectivity index (χ4v) is 2.42. The van der Waals surface area contributed by atoms with Crippen LogP contribution in [0.1, 0.15) is 0 Å². The van der Waals surface area contributed by atoms with Gasteiger partial charge in [0.1, 0.15) is 0 Å². The van der Waals surface area contributed by atoms with Crippen LogP contribution < -0.4 is 20.1 Å². The maximum Gasteiger partial charge on any atom is 0.492 e. The van der Waals surface area contributed by atoms with E-state index < -0.39 is 34.5 Å². The summed E-state index contributed by atoms with van der Waals surface area (Å²) in [6.07, 6.45) is -5.22. The molecule has 1 atom stereocenters. The zero-order valence-corrected chi connectivity index (χ0v) is 14.1. The maximum atomic E-state index is 13.5. The molecule has 1 heterocycles. The number of nitro benzene ring substituents is 1. The molecule has 1 aliphatic heterocycles. The van der Waals surface area contributed by atoms with Gasteiger partial charge in [-0.25, -0.2) is 4.79 Å². The summed E-state index contributed by atoms with van der Waals surface area (Å²) >= 11 is 5.69. The van der Waals surface area contributed by atoms with E-state index in [-0.39, 0.29) is 22.2 Å². The predicted octanol–water partition coefficient (Wildman–Crippen LogP) is 4.20. The lowest BCUT2D eigenvalue weighted by Crippen LogP contribution is -2.65. The molecule has 1 aliphatic rings. The average Bonchev–Trinajstić information content (AvgIpc) is 2.94. The van der Waals surface area contributed by atoms with Crippen LogP contribution in [0.2, 0.25) is 5.02 Å². The van der Waals surface area contributed by atoms with Crippen molar-refractivity contribution in [2.24, 2.45) is 0 Å². The number of urea groups is 1. The summed E-state index contributed by atoms with van der Waals surface area (Å²) in [7, 11) is 0. The van der Waals surface area contributed by atoms with Gasteiger partial charge in [-0.1, -0.05) is 11.6 Å². The Morgan fingerprint density at radius 3 is 2.46 bits per heavy atom. The van der Waals surface area contributed by atoms with E-state index >= 15 is 0 Å². The predicted molar refractivity (Wildman–Crippen MR) is 86.7 cm³/mol. The SMILES string of the molecule is O=C(Nc1ccc(F)c([N+](=O)[O-])c1)N[C@@]1(C(F)(F)F)Oc2ccc(Cl)cc2O1. The van der Waals surface area contributed by atoms with Gasteiger partial charge in [0.05, 0.1) is 4.92 Å². The highest BCUT2D eigenvalue weighted by molar-refractivity contribution is 6.30. The lowest BCUT2D eigenvalue weighted by molar-refractivity contribution is -0.387. The number of carbonyl (C=O) groups excluding carboxylic acids is 1. The van der Waals surface area contributed by atoms with Gasteiger partial charge in [0.15, 0.2) is 11.5 Å². The number of ether oxygens (including phenoxy) is 2. The molecule has 3 rings (SSSR count). The summed E-state index contributed by atoms with van der Waals surface area (Å²) in [6.45, 7) is 0. The minimum atomic E-state index is -5.22. The van der Waals surface area contributed by atoms with Crippen LogP contribution >= 0.6 is 11.6 Å². The lowest BCUT2D eigenvalue weighted by atomic mass is 10.2. The van der Waals surface area contributed by atoms with Crippen LogP contribution in [0, 0.1) is 15.9 Å². The first kappa shape index (κ1) is 19.5. The fourth-order valence-electron chi connectivity index (χ4n) is 2.26. The van der Waals surface area contributed by atoms with Crippen LogP contribution in [0.4, 0.5) is 33.7 Å². The first-order chi connectivity index (χ1) is 13.0. The number of rotatable bonds is 3. The number of hydrogen-bond acceptors (Lipinski definition) is 5. The molecule has 28 heavy (non-hydrogen) atoms. The molecular weight excluding hydrogens is 414 g/mol. The molecule has 0 spiro atoms. The van der Waals surface area contributed by atoms with Crippen LogP contribution in [0.5, 0.6) is 11.5 Å². The lowest BCUT2D eigenvalue weighted by Gasteiger charge is -2.29. The second kappa shape index (κ2) is 6.71. The highest BCUT2D eigenvalue weighted by atomic mass is 35.5. The number of benzene rings is 2. The minimum absolute atomic E-state index is 0.0726. The maximum absolute atomic E-state index is 13.5. The summed E-state index contributed by atoms with van der Waals surface area (Å²) < 4.78 is 63.4. The number of hydrogen-bond donors (Lipinski definition) is 2. The first-order valence-electron chi connectivity index (χ1n) is 7.28. The van der Waals surface area contributed by atoms with Crippen molar-refractivity contribution in [3.63, 3.8) is 0 Å². The fraction of sp³-hybridized carbons (Fsp3) is 0.133. The molecule has 2 N–H and O–H groups in total. The van der Waals surface area contributed by atoms with E-state index in [2.05, 4.69) is 0 Å². The van der Waals surface area contributed by atoms with E-state index in [1.807, 2.05) is 5.32 Å². The molecule has 0 aromatic heterocycles. The number of anilines is 1. The highest BCUT2D eigenvalue weighted by Gasteiger charge is 2.65. The van der Waals surface area contributed by atoms with E-state index in [0.29, 0.717) is 12.1 Å². The van der Waals surface area contributed by atoms with Crippen molar-refractivity contribution in [3.05, 3.63) is 57.4 Å². The Morgan fingerprint density at radius 1 is 1.14 bits per heavy atom. The zero-order chi connectivity index (χ0) is 20.7. The van der Waals surface area contributed by atoms with Crippen LogP contribution in [-0.4, -0.2) is 23.0 Å². The zero-order valence-electron chi connectivity index (χ0n) is 13.3. The number of nitrogens with zero attached hydrogens (tertiary/aromatic N) is 1. The van der Waals surface area contributed by atoms with Gasteiger partial charge in [0, 0.05) is 22.8 Å². The molecule has 13 heteroatoms. The molecule has 0 radical (unpaired) electrons. The van der Waals surface area contributed by atoms with Crippen molar-refractivity contribution < 1.29 is 36.8 Å². The van der Waals surface area contributed by atoms with Gasteiger partial charge in [-0.3, -0.25) is 15.4 Å². The summed E-state index contributed by atoms with van der Waals surface area (Å²) in [5.74, 6) is -5.42. The number of nitro groups is 1. The second-order valence-corrected chi connectivity index (χ2v) is 5.85. The number of carbonyl (C=O) groups is 1.